The molecule has 0 saturated heterocycles. The van der Waals surface area contributed by atoms with Gasteiger partial charge < -0.3 is 4.79 Å². The van der Waals surface area contributed by atoms with Crippen molar-refractivity contribution in [2.24, 2.45) is 0 Å². The topological polar surface area (TPSA) is 17.1 Å². The number of hydrogen-bond acceptors (Lipinski definition) is 1. The van der Waals surface area contributed by atoms with E-state index >= 15 is 0 Å². The zero-order valence-electron chi connectivity index (χ0n) is 13.1. The van der Waals surface area contributed by atoms with Gasteiger partial charge in [-0.3, -0.25) is 0 Å². The van der Waals surface area contributed by atoms with Crippen molar-refractivity contribution in [3.63, 3.8) is 0 Å². The van der Waals surface area contributed by atoms with Crippen LogP contribution in [0.4, 0.5) is 0 Å². The van der Waals surface area contributed by atoms with E-state index in [2.05, 4.69) is 28.1 Å². The highest BCUT2D eigenvalue weighted by molar-refractivity contribution is 9.09. The first-order chi connectivity index (χ1) is 9.91. The smallest absolute Gasteiger partial charge is 0.119 e. The van der Waals surface area contributed by atoms with E-state index in [1.54, 1.807) is 0 Å². The molecular weight excluding hydrogens is 312 g/mol. The molecule has 0 atom stereocenters. The average molecular weight is 345 g/mol. The lowest BCUT2D eigenvalue weighted by Crippen LogP contribution is -1.81. The van der Waals surface area contributed by atoms with Gasteiger partial charge in [0.25, 0.3) is 0 Å². The normalized spacial score (nSPS) is 11.2. The molecule has 0 spiro atoms. The van der Waals surface area contributed by atoms with Crippen LogP contribution in [0.25, 0.3) is 0 Å². The second-order valence-electron chi connectivity index (χ2n) is 5.58. The van der Waals surface area contributed by atoms with E-state index < -0.39 is 0 Å². The summed E-state index contributed by atoms with van der Waals surface area (Å²) in [6, 6.07) is 0. The molecule has 0 N–H and O–H groups in total. The molecule has 0 aliphatic rings. The Bertz CT molecular complexity index is 213. The van der Waals surface area contributed by atoms with Crippen LogP contribution in [-0.4, -0.2) is 11.6 Å². The van der Waals surface area contributed by atoms with Crippen molar-refractivity contribution in [2.45, 2.75) is 89.9 Å². The summed E-state index contributed by atoms with van der Waals surface area (Å²) in [6.45, 7) is 0. The van der Waals surface area contributed by atoms with Crippen molar-refractivity contribution in [1.82, 2.24) is 0 Å². The summed E-state index contributed by atoms with van der Waals surface area (Å²) >= 11 is 3.47. The predicted molar refractivity (Wildman–Crippen MR) is 93.6 cm³/mol. The molecule has 0 aliphatic carbocycles. The van der Waals surface area contributed by atoms with Gasteiger partial charge in [-0.05, 0) is 38.5 Å². The fourth-order valence-electron chi connectivity index (χ4n) is 2.32. The van der Waals surface area contributed by atoms with E-state index in [-0.39, 0.29) is 0 Å². The Morgan fingerprint density at radius 3 is 1.40 bits per heavy atom. The van der Waals surface area contributed by atoms with Gasteiger partial charge in [0.15, 0.2) is 0 Å². The minimum atomic E-state index is 0.746. The molecule has 118 valence electrons. The Kier molecular flexibility index (Phi) is 18.8. The van der Waals surface area contributed by atoms with Gasteiger partial charge in [0, 0.05) is 11.8 Å². The quantitative estimate of drug-likeness (QED) is 0.133. The van der Waals surface area contributed by atoms with Gasteiger partial charge >= 0.3 is 0 Å². The Morgan fingerprint density at radius 2 is 0.950 bits per heavy atom. The molecule has 0 aromatic heterocycles. The number of carbonyl (C=O) groups excluding carboxylic acids is 1. The molecule has 0 heterocycles. The maximum Gasteiger partial charge on any atom is 0.119 e. The zero-order valence-corrected chi connectivity index (χ0v) is 14.7. The highest BCUT2D eigenvalue weighted by Gasteiger charge is 1.91. The first-order valence-electron chi connectivity index (χ1n) is 8.56. The lowest BCUT2D eigenvalue weighted by molar-refractivity contribution is -0.107. The summed E-state index contributed by atoms with van der Waals surface area (Å²) < 4.78 is 0. The number of halogens is 1. The van der Waals surface area contributed by atoms with E-state index in [9.17, 15) is 4.79 Å². The number of unbranched alkanes of at least 4 members (excludes halogenated alkanes) is 12. The van der Waals surface area contributed by atoms with Crippen LogP contribution in [0.3, 0.4) is 0 Å². The molecule has 20 heavy (non-hydrogen) atoms. The molecule has 0 amide bonds. The highest BCUT2D eigenvalue weighted by Crippen LogP contribution is 2.10. The van der Waals surface area contributed by atoms with Gasteiger partial charge in [-0.1, -0.05) is 73.0 Å². The van der Waals surface area contributed by atoms with Gasteiger partial charge in [0.05, 0.1) is 0 Å². The minimum absolute atomic E-state index is 0.746. The molecule has 0 unspecified atom stereocenters. The SMILES string of the molecule is O=CCCCCCCCC=CCCCCCCCCBr. The highest BCUT2D eigenvalue weighted by atomic mass is 79.9. The fourth-order valence-corrected chi connectivity index (χ4v) is 2.72. The maximum atomic E-state index is 10.1. The molecule has 0 aliphatic heterocycles. The van der Waals surface area contributed by atoms with Crippen molar-refractivity contribution < 1.29 is 4.79 Å². The number of hydrogen-bond donors (Lipinski definition) is 0. The monoisotopic (exact) mass is 344 g/mol. The van der Waals surface area contributed by atoms with Crippen LogP contribution in [0, 0.1) is 0 Å². The number of aldehydes is 1. The van der Waals surface area contributed by atoms with Crippen LogP contribution in [0.15, 0.2) is 12.2 Å². The van der Waals surface area contributed by atoms with E-state index in [0.717, 1.165) is 24.5 Å². The molecule has 1 nitrogen and oxygen atoms in total. The Balaban J connectivity index is 3.03. The molecule has 0 bridgehead atoms. The van der Waals surface area contributed by atoms with Gasteiger partial charge in [-0.15, -0.1) is 0 Å². The number of allylic oxidation sites excluding steroid dienone is 2. The van der Waals surface area contributed by atoms with E-state index in [0.29, 0.717) is 0 Å². The van der Waals surface area contributed by atoms with Crippen LogP contribution >= 0.6 is 15.9 Å². The van der Waals surface area contributed by atoms with Crippen molar-refractivity contribution in [2.75, 3.05) is 5.33 Å². The van der Waals surface area contributed by atoms with Crippen LogP contribution < -0.4 is 0 Å². The molecule has 0 aromatic carbocycles. The largest absolute Gasteiger partial charge is 0.303 e. The number of alkyl halides is 1. The summed E-state index contributed by atoms with van der Waals surface area (Å²) in [7, 11) is 0. The van der Waals surface area contributed by atoms with Crippen molar-refractivity contribution in [1.29, 1.82) is 0 Å². The summed E-state index contributed by atoms with van der Waals surface area (Å²) in [5, 5.41) is 1.16. The third kappa shape index (κ3) is 17.9. The zero-order chi connectivity index (χ0) is 14.7. The molecule has 0 rings (SSSR count). The van der Waals surface area contributed by atoms with E-state index in [1.165, 1.54) is 77.0 Å². The summed E-state index contributed by atoms with van der Waals surface area (Å²) in [4.78, 5) is 10.1. The molecule has 0 radical (unpaired) electrons. The first kappa shape index (κ1) is 19.9. The van der Waals surface area contributed by atoms with Gasteiger partial charge in [0.2, 0.25) is 0 Å². The Morgan fingerprint density at radius 1 is 0.550 bits per heavy atom. The second-order valence-corrected chi connectivity index (χ2v) is 6.38. The summed E-state index contributed by atoms with van der Waals surface area (Å²) in [6.07, 6.45) is 23.5. The minimum Gasteiger partial charge on any atom is -0.303 e. The summed E-state index contributed by atoms with van der Waals surface area (Å²) in [5.41, 5.74) is 0. The molecule has 2 heteroatoms. The van der Waals surface area contributed by atoms with Crippen molar-refractivity contribution in [3.05, 3.63) is 12.2 Å². The van der Waals surface area contributed by atoms with Crippen LogP contribution in [0.5, 0.6) is 0 Å². The van der Waals surface area contributed by atoms with E-state index in [4.69, 9.17) is 0 Å². The van der Waals surface area contributed by atoms with Gasteiger partial charge in [-0.25, -0.2) is 0 Å². The lowest BCUT2D eigenvalue weighted by Gasteiger charge is -1.99. The molecule has 0 fully saturated rings. The summed E-state index contributed by atoms with van der Waals surface area (Å²) in [5.74, 6) is 0. The third-order valence-electron chi connectivity index (χ3n) is 3.61. The van der Waals surface area contributed by atoms with Crippen LogP contribution in [-0.2, 0) is 4.79 Å². The van der Waals surface area contributed by atoms with Gasteiger partial charge in [0.1, 0.15) is 6.29 Å². The van der Waals surface area contributed by atoms with Crippen molar-refractivity contribution in [3.8, 4) is 0 Å². The van der Waals surface area contributed by atoms with Gasteiger partial charge in [-0.2, -0.15) is 0 Å². The molecular formula is C18H33BrO. The first-order valence-corrected chi connectivity index (χ1v) is 9.68. The lowest BCUT2D eigenvalue weighted by atomic mass is 10.1. The van der Waals surface area contributed by atoms with Crippen LogP contribution in [0.2, 0.25) is 0 Å². The predicted octanol–water partition coefficient (Wildman–Crippen LogP) is 6.60. The molecule has 0 saturated carbocycles. The van der Waals surface area contributed by atoms with E-state index in [1.807, 2.05) is 0 Å². The molecule has 0 aromatic rings. The van der Waals surface area contributed by atoms with Crippen LogP contribution in [0.1, 0.15) is 89.9 Å². The number of rotatable bonds is 16. The third-order valence-corrected chi connectivity index (χ3v) is 4.17. The average Bonchev–Trinajstić information content (AvgIpc) is 2.47. The standard InChI is InChI=1S/C18H33BrO/c19-17-15-13-11-9-7-5-3-1-2-4-6-8-10-12-14-16-18-20/h1-2,18H,3-17H2. The Hall–Kier alpha value is -0.110. The number of carbonyl (C=O) groups is 1. The fraction of sp³-hybridized carbons (Fsp3) is 0.833. The Labute approximate surface area is 134 Å². The maximum absolute atomic E-state index is 10.1. The van der Waals surface area contributed by atoms with Crippen molar-refractivity contribution >= 4 is 22.2 Å². The second kappa shape index (κ2) is 18.9.